The smallest absolute Gasteiger partial charge is 0.335 e. The van der Waals surface area contributed by atoms with Crippen molar-refractivity contribution in [2.45, 2.75) is 13.0 Å². The number of halogens is 1. The number of amides is 1. The van der Waals surface area contributed by atoms with Gasteiger partial charge < -0.3 is 15.2 Å². The number of carboxylic acid groups (broad SMARTS) is 1. The van der Waals surface area contributed by atoms with Gasteiger partial charge in [-0.1, -0.05) is 0 Å². The number of hydrogen-bond acceptors (Lipinski definition) is 3. The van der Waals surface area contributed by atoms with E-state index in [0.717, 1.165) is 0 Å². The summed E-state index contributed by atoms with van der Waals surface area (Å²) < 4.78 is 18.2. The molecule has 0 radical (unpaired) electrons. The lowest BCUT2D eigenvalue weighted by molar-refractivity contribution is -0.122. The van der Waals surface area contributed by atoms with E-state index in [1.807, 2.05) is 0 Å². The van der Waals surface area contributed by atoms with Gasteiger partial charge >= 0.3 is 5.97 Å². The second-order valence-electron chi connectivity index (χ2n) is 4.59. The predicted molar refractivity (Wildman–Crippen MR) is 78.5 cm³/mol. The zero-order valence-corrected chi connectivity index (χ0v) is 11.7. The van der Waals surface area contributed by atoms with Crippen LogP contribution in [0.2, 0.25) is 0 Å². The van der Waals surface area contributed by atoms with Crippen molar-refractivity contribution in [3.63, 3.8) is 0 Å². The Hall–Kier alpha value is -2.89. The minimum Gasteiger partial charge on any atom is -0.481 e. The molecule has 6 heteroatoms. The number of anilines is 1. The molecule has 0 bridgehead atoms. The van der Waals surface area contributed by atoms with Crippen LogP contribution in [0.15, 0.2) is 48.5 Å². The maximum atomic E-state index is 12.8. The molecule has 0 saturated heterocycles. The first-order chi connectivity index (χ1) is 10.5. The van der Waals surface area contributed by atoms with E-state index in [1.54, 1.807) is 6.92 Å². The molecule has 2 aromatic carbocycles. The SMILES string of the molecule is C[C@H](Oc1ccc(C(=O)O)cc1)C(=O)Nc1ccc(F)cc1. The molecule has 114 valence electrons. The van der Waals surface area contributed by atoms with Crippen LogP contribution in [-0.4, -0.2) is 23.1 Å². The number of carboxylic acids is 1. The highest BCUT2D eigenvalue weighted by atomic mass is 19.1. The van der Waals surface area contributed by atoms with E-state index >= 15 is 0 Å². The molecule has 0 fully saturated rings. The van der Waals surface area contributed by atoms with E-state index in [9.17, 15) is 14.0 Å². The fourth-order valence-corrected chi connectivity index (χ4v) is 1.71. The van der Waals surface area contributed by atoms with E-state index in [1.165, 1.54) is 48.5 Å². The van der Waals surface area contributed by atoms with Gasteiger partial charge in [0.25, 0.3) is 5.91 Å². The Morgan fingerprint density at radius 2 is 1.68 bits per heavy atom. The van der Waals surface area contributed by atoms with Gasteiger partial charge in [0, 0.05) is 5.69 Å². The van der Waals surface area contributed by atoms with Gasteiger partial charge in [0.2, 0.25) is 0 Å². The van der Waals surface area contributed by atoms with Gasteiger partial charge in [-0.05, 0) is 55.5 Å². The van der Waals surface area contributed by atoms with Crippen LogP contribution in [0.3, 0.4) is 0 Å². The van der Waals surface area contributed by atoms with Crippen LogP contribution < -0.4 is 10.1 Å². The monoisotopic (exact) mass is 303 g/mol. The Labute approximate surface area is 126 Å². The Balaban J connectivity index is 1.95. The predicted octanol–water partition coefficient (Wildman–Crippen LogP) is 2.93. The van der Waals surface area contributed by atoms with Crippen LogP contribution in [0.25, 0.3) is 0 Å². The summed E-state index contributed by atoms with van der Waals surface area (Å²) in [5.74, 6) is -1.44. The van der Waals surface area contributed by atoms with E-state index in [-0.39, 0.29) is 11.4 Å². The molecular formula is C16H14FNO4. The molecule has 0 unspecified atom stereocenters. The van der Waals surface area contributed by atoms with Crippen LogP contribution in [0.1, 0.15) is 17.3 Å². The number of benzene rings is 2. The first-order valence-corrected chi connectivity index (χ1v) is 6.52. The molecule has 0 aliphatic carbocycles. The van der Waals surface area contributed by atoms with Gasteiger partial charge in [0.1, 0.15) is 11.6 Å². The van der Waals surface area contributed by atoms with Crippen LogP contribution in [0.4, 0.5) is 10.1 Å². The van der Waals surface area contributed by atoms with Crippen LogP contribution in [-0.2, 0) is 4.79 Å². The van der Waals surface area contributed by atoms with Gasteiger partial charge in [-0.3, -0.25) is 4.79 Å². The highest BCUT2D eigenvalue weighted by Gasteiger charge is 2.15. The van der Waals surface area contributed by atoms with Crippen molar-refractivity contribution >= 4 is 17.6 Å². The quantitative estimate of drug-likeness (QED) is 0.890. The third-order valence-corrected chi connectivity index (χ3v) is 2.90. The minimum absolute atomic E-state index is 0.135. The number of aromatic carboxylic acids is 1. The highest BCUT2D eigenvalue weighted by Crippen LogP contribution is 2.15. The van der Waals surface area contributed by atoms with E-state index in [2.05, 4.69) is 5.32 Å². The molecule has 22 heavy (non-hydrogen) atoms. The number of carbonyl (C=O) groups excluding carboxylic acids is 1. The van der Waals surface area contributed by atoms with Crippen molar-refractivity contribution < 1.29 is 23.8 Å². The molecule has 0 aliphatic heterocycles. The Kier molecular flexibility index (Phi) is 4.73. The van der Waals surface area contributed by atoms with Crippen LogP contribution in [0, 0.1) is 5.82 Å². The second-order valence-corrected chi connectivity index (χ2v) is 4.59. The van der Waals surface area contributed by atoms with E-state index in [4.69, 9.17) is 9.84 Å². The van der Waals surface area contributed by atoms with Gasteiger partial charge in [0.05, 0.1) is 5.56 Å². The van der Waals surface area contributed by atoms with Crippen molar-refractivity contribution in [3.8, 4) is 5.75 Å². The molecule has 2 N–H and O–H groups in total. The Morgan fingerprint density at radius 1 is 1.09 bits per heavy atom. The molecule has 0 aromatic heterocycles. The van der Waals surface area contributed by atoms with Crippen molar-refractivity contribution in [3.05, 3.63) is 59.9 Å². The number of ether oxygens (including phenoxy) is 1. The lowest BCUT2D eigenvalue weighted by atomic mass is 10.2. The Bertz CT molecular complexity index is 668. The van der Waals surface area contributed by atoms with Gasteiger partial charge in [-0.2, -0.15) is 0 Å². The number of nitrogens with one attached hydrogen (secondary N) is 1. The first-order valence-electron chi connectivity index (χ1n) is 6.52. The molecule has 0 spiro atoms. The summed E-state index contributed by atoms with van der Waals surface area (Å²) in [6.45, 7) is 1.56. The van der Waals surface area contributed by atoms with Crippen LogP contribution >= 0.6 is 0 Å². The summed E-state index contributed by atoms with van der Waals surface area (Å²) in [7, 11) is 0. The number of carbonyl (C=O) groups is 2. The summed E-state index contributed by atoms with van der Waals surface area (Å²) >= 11 is 0. The number of rotatable bonds is 5. The minimum atomic E-state index is -1.03. The maximum absolute atomic E-state index is 12.8. The third kappa shape index (κ3) is 4.05. The molecule has 2 rings (SSSR count). The average molecular weight is 303 g/mol. The molecule has 0 heterocycles. The fourth-order valence-electron chi connectivity index (χ4n) is 1.71. The third-order valence-electron chi connectivity index (χ3n) is 2.90. The maximum Gasteiger partial charge on any atom is 0.335 e. The molecule has 1 atom stereocenters. The normalized spacial score (nSPS) is 11.5. The summed E-state index contributed by atoms with van der Waals surface area (Å²) in [5.41, 5.74) is 0.596. The van der Waals surface area contributed by atoms with Crippen molar-refractivity contribution in [2.75, 3.05) is 5.32 Å². The molecule has 1 amide bonds. The fraction of sp³-hybridized carbons (Fsp3) is 0.125. The largest absolute Gasteiger partial charge is 0.481 e. The molecule has 0 saturated carbocycles. The first kappa shape index (κ1) is 15.5. The van der Waals surface area contributed by atoms with Gasteiger partial charge in [-0.15, -0.1) is 0 Å². The summed E-state index contributed by atoms with van der Waals surface area (Å²) in [5, 5.41) is 11.4. The van der Waals surface area contributed by atoms with Crippen molar-refractivity contribution in [1.82, 2.24) is 0 Å². The number of hydrogen-bond donors (Lipinski definition) is 2. The zero-order valence-electron chi connectivity index (χ0n) is 11.7. The molecule has 5 nitrogen and oxygen atoms in total. The second kappa shape index (κ2) is 6.71. The highest BCUT2D eigenvalue weighted by molar-refractivity contribution is 5.94. The van der Waals surface area contributed by atoms with Crippen molar-refractivity contribution in [2.24, 2.45) is 0 Å². The summed E-state index contributed by atoms with van der Waals surface area (Å²) in [4.78, 5) is 22.7. The topological polar surface area (TPSA) is 75.6 Å². The van der Waals surface area contributed by atoms with Gasteiger partial charge in [-0.25, -0.2) is 9.18 Å². The summed E-state index contributed by atoms with van der Waals surface area (Å²) in [6, 6.07) is 11.1. The van der Waals surface area contributed by atoms with Gasteiger partial charge in [0.15, 0.2) is 6.10 Å². The lowest BCUT2D eigenvalue weighted by Crippen LogP contribution is -2.30. The van der Waals surface area contributed by atoms with E-state index < -0.39 is 18.0 Å². The Morgan fingerprint density at radius 3 is 2.23 bits per heavy atom. The molecule has 2 aromatic rings. The van der Waals surface area contributed by atoms with Crippen molar-refractivity contribution in [1.29, 1.82) is 0 Å². The standard InChI is InChI=1S/C16H14FNO4/c1-10(15(19)18-13-6-4-12(17)5-7-13)22-14-8-2-11(3-9-14)16(20)21/h2-10H,1H3,(H,18,19)(H,20,21)/t10-/m0/s1. The molecular weight excluding hydrogens is 289 g/mol. The summed E-state index contributed by atoms with van der Waals surface area (Å²) in [6.07, 6.45) is -0.791. The van der Waals surface area contributed by atoms with Crippen LogP contribution in [0.5, 0.6) is 5.75 Å². The average Bonchev–Trinajstić information content (AvgIpc) is 2.50. The zero-order chi connectivity index (χ0) is 16.1. The van der Waals surface area contributed by atoms with E-state index in [0.29, 0.717) is 11.4 Å². The lowest BCUT2D eigenvalue weighted by Gasteiger charge is -2.14. The molecule has 0 aliphatic rings.